The second kappa shape index (κ2) is 13.8. The molecule has 12 nitrogen and oxygen atoms in total. The smallest absolute Gasteiger partial charge is 0.230 e. The van der Waals surface area contributed by atoms with Crippen LogP contribution in [-0.4, -0.2) is 107 Å². The number of carbonyl (C=O) groups excluding carboxylic acids is 2. The first-order chi connectivity index (χ1) is 23.3. The third kappa shape index (κ3) is 6.81. The van der Waals surface area contributed by atoms with Crippen LogP contribution in [0, 0.1) is 17.2 Å². The third-order valence-corrected chi connectivity index (χ3v) is 9.85. The number of carbonyl (C=O) groups is 2. The Bertz CT molecular complexity index is 1700. The SMILES string of the molecule is C[C@H]1CN(c2ccc(Nc3ncnc(-c4ccc(O[C@H]5CCN(C(=O)C6CCC(=O)C6)C[C@H]5F)c(C#N)c4)n3)cc2)CCN1C1COC1. The molecular formula is C35H39FN8O4. The molecule has 1 N–H and O–H groups in total. The van der Waals surface area contributed by atoms with Gasteiger partial charge in [0.05, 0.1) is 31.4 Å². The van der Waals surface area contributed by atoms with Crippen molar-refractivity contribution in [2.45, 2.75) is 57.0 Å². The van der Waals surface area contributed by atoms with Gasteiger partial charge in [-0.05, 0) is 55.8 Å². The molecule has 3 aliphatic heterocycles. The van der Waals surface area contributed by atoms with Crippen LogP contribution in [-0.2, 0) is 14.3 Å². The fourth-order valence-corrected chi connectivity index (χ4v) is 7.07. The van der Waals surface area contributed by atoms with Crippen LogP contribution in [0.3, 0.4) is 0 Å². The lowest BCUT2D eigenvalue weighted by atomic mass is 10.0. The summed E-state index contributed by atoms with van der Waals surface area (Å²) in [6.07, 6.45) is 0.663. The number of likely N-dealkylation sites (tertiary alicyclic amines) is 1. The van der Waals surface area contributed by atoms with Gasteiger partial charge in [0.25, 0.3) is 0 Å². The number of rotatable bonds is 8. The molecule has 250 valence electrons. The van der Waals surface area contributed by atoms with Gasteiger partial charge in [-0.2, -0.15) is 10.2 Å². The van der Waals surface area contributed by atoms with Gasteiger partial charge in [0, 0.05) is 74.3 Å². The Labute approximate surface area is 278 Å². The number of nitrogens with zero attached hydrogens (tertiary/aromatic N) is 7. The Morgan fingerprint density at radius 3 is 2.60 bits per heavy atom. The summed E-state index contributed by atoms with van der Waals surface area (Å²) in [6, 6.07) is 16.3. The zero-order chi connectivity index (χ0) is 33.2. The van der Waals surface area contributed by atoms with Crippen molar-refractivity contribution in [2.24, 2.45) is 5.92 Å². The molecule has 1 amide bonds. The van der Waals surface area contributed by atoms with E-state index in [9.17, 15) is 14.9 Å². The second-order valence-corrected chi connectivity index (χ2v) is 13.1. The molecule has 7 rings (SSSR count). The van der Waals surface area contributed by atoms with Crippen LogP contribution in [0.15, 0.2) is 48.8 Å². The van der Waals surface area contributed by atoms with E-state index in [-0.39, 0.29) is 48.3 Å². The highest BCUT2D eigenvalue weighted by atomic mass is 19.1. The molecule has 1 saturated carbocycles. The summed E-state index contributed by atoms with van der Waals surface area (Å²) in [5.41, 5.74) is 2.81. The molecular weight excluding hydrogens is 615 g/mol. The average molecular weight is 655 g/mol. The van der Waals surface area contributed by atoms with Crippen molar-refractivity contribution in [1.29, 1.82) is 5.26 Å². The van der Waals surface area contributed by atoms with Gasteiger partial charge in [0.1, 0.15) is 30.0 Å². The number of ketones is 1. The van der Waals surface area contributed by atoms with Crippen LogP contribution in [0.2, 0.25) is 0 Å². The first-order valence-corrected chi connectivity index (χ1v) is 16.6. The Morgan fingerprint density at radius 1 is 1.08 bits per heavy atom. The number of piperidine rings is 1. The predicted molar refractivity (Wildman–Crippen MR) is 176 cm³/mol. The molecule has 13 heteroatoms. The van der Waals surface area contributed by atoms with E-state index >= 15 is 4.39 Å². The van der Waals surface area contributed by atoms with E-state index in [1.54, 1.807) is 18.2 Å². The van der Waals surface area contributed by atoms with Gasteiger partial charge in [-0.3, -0.25) is 14.5 Å². The summed E-state index contributed by atoms with van der Waals surface area (Å²) < 4.78 is 26.5. The maximum absolute atomic E-state index is 15.2. The molecule has 4 fully saturated rings. The highest BCUT2D eigenvalue weighted by Gasteiger charge is 2.38. The van der Waals surface area contributed by atoms with Crippen LogP contribution in [0.4, 0.5) is 21.7 Å². The number of amides is 1. The highest BCUT2D eigenvalue weighted by Crippen LogP contribution is 2.31. The number of piperazine rings is 1. The first-order valence-electron chi connectivity index (χ1n) is 16.6. The molecule has 1 aliphatic carbocycles. The second-order valence-electron chi connectivity index (χ2n) is 13.1. The molecule has 2 aromatic carbocycles. The molecule has 4 aliphatic rings. The summed E-state index contributed by atoms with van der Waals surface area (Å²) in [7, 11) is 0. The van der Waals surface area contributed by atoms with Gasteiger partial charge in [0.2, 0.25) is 11.9 Å². The maximum atomic E-state index is 15.2. The van der Waals surface area contributed by atoms with E-state index < -0.39 is 12.3 Å². The molecule has 1 aromatic heterocycles. The summed E-state index contributed by atoms with van der Waals surface area (Å²) in [6.45, 7) is 7.14. The van der Waals surface area contributed by atoms with Gasteiger partial charge >= 0.3 is 0 Å². The predicted octanol–water partition coefficient (Wildman–Crippen LogP) is 3.75. The molecule has 4 atom stereocenters. The Hall–Kier alpha value is -4.67. The number of Topliss-reactive ketones (excluding diaryl/α,β-unsaturated/α-hetero) is 1. The van der Waals surface area contributed by atoms with Crippen molar-refractivity contribution in [2.75, 3.05) is 56.2 Å². The first kappa shape index (κ1) is 31.9. The van der Waals surface area contributed by atoms with E-state index in [4.69, 9.17) is 9.47 Å². The Balaban J connectivity index is 0.961. The number of hydrogen-bond acceptors (Lipinski definition) is 11. The molecule has 3 aromatic rings. The zero-order valence-corrected chi connectivity index (χ0v) is 26.9. The number of aromatic nitrogens is 3. The Kier molecular flexibility index (Phi) is 9.19. The summed E-state index contributed by atoms with van der Waals surface area (Å²) >= 11 is 0. The largest absolute Gasteiger partial charge is 0.486 e. The molecule has 0 radical (unpaired) electrons. The van der Waals surface area contributed by atoms with Crippen molar-refractivity contribution >= 4 is 29.0 Å². The number of ether oxygens (including phenoxy) is 2. The van der Waals surface area contributed by atoms with Crippen molar-refractivity contribution in [3.8, 4) is 23.2 Å². The zero-order valence-electron chi connectivity index (χ0n) is 26.9. The van der Waals surface area contributed by atoms with Crippen LogP contribution in [0.5, 0.6) is 5.75 Å². The van der Waals surface area contributed by atoms with E-state index in [2.05, 4.69) is 55.2 Å². The van der Waals surface area contributed by atoms with E-state index in [0.29, 0.717) is 48.8 Å². The molecule has 0 spiro atoms. The quantitative estimate of drug-likeness (QED) is 0.380. The van der Waals surface area contributed by atoms with E-state index in [1.807, 2.05) is 12.1 Å². The standard InChI is InChI=1S/C35H39FN8O4/c1-22-17-42(12-13-44(22)28-19-47-20-28)27-6-4-26(5-7-27)40-35-39-21-38-33(41-35)23-3-9-31(25(14-23)16-37)48-32-10-11-43(18-30(32)36)34(46)24-2-8-29(45)15-24/h3-7,9,14,21-22,24,28,30,32H,2,8,10-13,15,17-20H2,1H3,(H,38,39,40,41)/t22-,24?,30+,32-/m0/s1. The third-order valence-electron chi connectivity index (χ3n) is 9.85. The summed E-state index contributed by atoms with van der Waals surface area (Å²) in [5, 5.41) is 13.1. The monoisotopic (exact) mass is 654 g/mol. The van der Waals surface area contributed by atoms with Crippen LogP contribution < -0.4 is 15.0 Å². The van der Waals surface area contributed by atoms with Gasteiger partial charge in [-0.15, -0.1) is 0 Å². The molecule has 4 heterocycles. The molecule has 48 heavy (non-hydrogen) atoms. The number of anilines is 3. The fraction of sp³-hybridized carbons (Fsp3) is 0.486. The van der Waals surface area contributed by atoms with E-state index in [1.165, 1.54) is 16.9 Å². The number of alkyl halides is 1. The Morgan fingerprint density at radius 2 is 1.92 bits per heavy atom. The minimum atomic E-state index is -1.42. The van der Waals surface area contributed by atoms with Crippen molar-refractivity contribution in [3.05, 3.63) is 54.4 Å². The van der Waals surface area contributed by atoms with Crippen LogP contribution in [0.1, 0.15) is 38.2 Å². The minimum Gasteiger partial charge on any atom is -0.486 e. The lowest BCUT2D eigenvalue weighted by Crippen LogP contribution is -2.60. The fourth-order valence-electron chi connectivity index (χ4n) is 7.07. The van der Waals surface area contributed by atoms with Crippen LogP contribution in [0.25, 0.3) is 11.4 Å². The van der Waals surface area contributed by atoms with Crippen LogP contribution >= 0.6 is 0 Å². The van der Waals surface area contributed by atoms with Gasteiger partial charge in [-0.1, -0.05) is 0 Å². The van der Waals surface area contributed by atoms with Gasteiger partial charge in [-0.25, -0.2) is 14.4 Å². The maximum Gasteiger partial charge on any atom is 0.230 e. The van der Waals surface area contributed by atoms with Crippen molar-refractivity contribution in [1.82, 2.24) is 24.8 Å². The number of nitrogens with one attached hydrogen (secondary N) is 1. The number of benzene rings is 2. The van der Waals surface area contributed by atoms with Gasteiger partial charge < -0.3 is 24.6 Å². The molecule has 1 unspecified atom stereocenters. The van der Waals surface area contributed by atoms with Crippen molar-refractivity contribution in [3.63, 3.8) is 0 Å². The topological polar surface area (TPSA) is 137 Å². The average Bonchev–Trinajstić information content (AvgIpc) is 3.52. The number of hydrogen-bond donors (Lipinski definition) is 1. The summed E-state index contributed by atoms with van der Waals surface area (Å²) in [5.74, 6) is 0.569. The minimum absolute atomic E-state index is 0.0840. The molecule has 3 saturated heterocycles. The van der Waals surface area contributed by atoms with Gasteiger partial charge in [0.15, 0.2) is 12.0 Å². The van der Waals surface area contributed by atoms with E-state index in [0.717, 1.165) is 38.5 Å². The lowest BCUT2D eigenvalue weighted by molar-refractivity contribution is -0.139. The lowest BCUT2D eigenvalue weighted by Gasteiger charge is -2.47. The summed E-state index contributed by atoms with van der Waals surface area (Å²) in [4.78, 5) is 44.0. The van der Waals surface area contributed by atoms with Crippen molar-refractivity contribution < 1.29 is 23.5 Å². The highest BCUT2D eigenvalue weighted by molar-refractivity contribution is 5.90. The molecule has 0 bridgehead atoms. The number of nitriles is 1. The normalized spacial score (nSPS) is 25.0. The number of halogens is 1.